The topological polar surface area (TPSA) is 62.4 Å². The fourth-order valence-corrected chi connectivity index (χ4v) is 3.85. The Balaban J connectivity index is 1.68. The molecule has 0 spiro atoms. The van der Waals surface area contributed by atoms with Crippen LogP contribution in [0.2, 0.25) is 0 Å². The zero-order valence-electron chi connectivity index (χ0n) is 15.3. The maximum atomic E-state index is 13.3. The van der Waals surface area contributed by atoms with E-state index in [1.165, 1.54) is 6.07 Å². The molecule has 0 saturated carbocycles. The Morgan fingerprint density at radius 1 is 1.19 bits per heavy atom. The number of ether oxygens (including phenoxy) is 1. The van der Waals surface area contributed by atoms with E-state index in [-0.39, 0.29) is 17.5 Å². The summed E-state index contributed by atoms with van der Waals surface area (Å²) in [5.41, 5.74) is 1.99. The van der Waals surface area contributed by atoms with Crippen LogP contribution in [0, 0.1) is 0 Å². The van der Waals surface area contributed by atoms with Crippen LogP contribution < -0.4 is 10.3 Å². The summed E-state index contributed by atoms with van der Waals surface area (Å²) in [4.78, 5) is 30.0. The van der Waals surface area contributed by atoms with E-state index in [2.05, 4.69) is 4.98 Å². The molecule has 1 N–H and O–H groups in total. The number of carbonyl (C=O) groups excluding carboxylic acids is 1. The predicted molar refractivity (Wildman–Crippen MR) is 105 cm³/mol. The smallest absolute Gasteiger partial charge is 0.255 e. The molecule has 1 atom stereocenters. The third kappa shape index (κ3) is 3.33. The van der Waals surface area contributed by atoms with Gasteiger partial charge in [-0.15, -0.1) is 0 Å². The molecular weight excluding hydrogens is 340 g/mol. The molecule has 3 aromatic rings. The molecule has 1 fully saturated rings. The molecular formula is C22H22N2O3. The van der Waals surface area contributed by atoms with E-state index >= 15 is 0 Å². The quantitative estimate of drug-likeness (QED) is 0.765. The van der Waals surface area contributed by atoms with Crippen LogP contribution in [0.15, 0.2) is 59.4 Å². The number of nitrogens with one attached hydrogen (secondary N) is 1. The first-order valence-corrected chi connectivity index (χ1v) is 9.33. The molecule has 1 unspecified atom stereocenters. The Bertz CT molecular complexity index is 1020. The number of hydrogen-bond donors (Lipinski definition) is 1. The van der Waals surface area contributed by atoms with Gasteiger partial charge in [-0.25, -0.2) is 0 Å². The number of rotatable bonds is 4. The highest BCUT2D eigenvalue weighted by atomic mass is 16.5. The summed E-state index contributed by atoms with van der Waals surface area (Å²) in [6.07, 6.45) is 1.87. The first-order chi connectivity index (χ1) is 13.2. The summed E-state index contributed by atoms with van der Waals surface area (Å²) in [5, 5.41) is 0.777. The van der Waals surface area contributed by atoms with Crippen LogP contribution in [-0.4, -0.2) is 28.9 Å². The van der Waals surface area contributed by atoms with Gasteiger partial charge in [-0.1, -0.05) is 30.3 Å². The second-order valence-corrected chi connectivity index (χ2v) is 6.75. The van der Waals surface area contributed by atoms with Gasteiger partial charge in [0, 0.05) is 23.5 Å². The lowest BCUT2D eigenvalue weighted by Crippen LogP contribution is -2.31. The summed E-state index contributed by atoms with van der Waals surface area (Å²) in [6, 6.07) is 16.8. The lowest BCUT2D eigenvalue weighted by atomic mass is 10.0. The van der Waals surface area contributed by atoms with Crippen LogP contribution in [0.5, 0.6) is 5.75 Å². The molecule has 1 saturated heterocycles. The SMILES string of the molecule is CCOc1ccc(C2CCCN2C(=O)c2cc(=O)[nH]c3ccccc23)cc1. The lowest BCUT2D eigenvalue weighted by Gasteiger charge is -2.26. The van der Waals surface area contributed by atoms with Gasteiger partial charge < -0.3 is 14.6 Å². The average Bonchev–Trinajstić information content (AvgIpc) is 3.17. The van der Waals surface area contributed by atoms with Gasteiger partial charge in [0.2, 0.25) is 5.56 Å². The van der Waals surface area contributed by atoms with Crippen molar-refractivity contribution in [3.05, 3.63) is 76.1 Å². The summed E-state index contributed by atoms with van der Waals surface area (Å²) in [7, 11) is 0. The number of nitrogens with zero attached hydrogens (tertiary/aromatic N) is 1. The molecule has 1 aromatic heterocycles. The Kier molecular flexibility index (Phi) is 4.67. The highest BCUT2D eigenvalue weighted by Crippen LogP contribution is 2.34. The van der Waals surface area contributed by atoms with E-state index < -0.39 is 0 Å². The van der Waals surface area contributed by atoms with Gasteiger partial charge in [-0.05, 0) is 43.5 Å². The fraction of sp³-hybridized carbons (Fsp3) is 0.273. The van der Waals surface area contributed by atoms with E-state index in [4.69, 9.17) is 4.74 Å². The van der Waals surface area contributed by atoms with E-state index in [1.807, 2.05) is 60.4 Å². The minimum absolute atomic E-state index is 0.0197. The highest BCUT2D eigenvalue weighted by Gasteiger charge is 2.31. The number of aromatic amines is 1. The zero-order chi connectivity index (χ0) is 18.8. The molecule has 2 heterocycles. The van der Waals surface area contributed by atoms with Crippen molar-refractivity contribution in [1.29, 1.82) is 0 Å². The van der Waals surface area contributed by atoms with E-state index in [1.54, 1.807) is 0 Å². The number of carbonyl (C=O) groups is 1. The number of pyridine rings is 1. The summed E-state index contributed by atoms with van der Waals surface area (Å²) in [5.74, 6) is 0.742. The number of amides is 1. The monoisotopic (exact) mass is 362 g/mol. The number of aromatic nitrogens is 1. The lowest BCUT2D eigenvalue weighted by molar-refractivity contribution is 0.0737. The molecule has 5 nitrogen and oxygen atoms in total. The van der Waals surface area contributed by atoms with Crippen LogP contribution in [0.4, 0.5) is 0 Å². The molecule has 2 aromatic carbocycles. The van der Waals surface area contributed by atoms with E-state index in [9.17, 15) is 9.59 Å². The largest absolute Gasteiger partial charge is 0.494 e. The van der Waals surface area contributed by atoms with Crippen LogP contribution in [0.25, 0.3) is 10.9 Å². The van der Waals surface area contributed by atoms with Crippen molar-refractivity contribution in [1.82, 2.24) is 9.88 Å². The zero-order valence-corrected chi connectivity index (χ0v) is 15.3. The van der Waals surface area contributed by atoms with Gasteiger partial charge in [-0.2, -0.15) is 0 Å². The molecule has 5 heteroatoms. The Morgan fingerprint density at radius 3 is 2.74 bits per heavy atom. The number of H-pyrrole nitrogens is 1. The Hall–Kier alpha value is -3.08. The fourth-order valence-electron chi connectivity index (χ4n) is 3.85. The maximum absolute atomic E-state index is 13.3. The van der Waals surface area contributed by atoms with Crippen LogP contribution in [-0.2, 0) is 0 Å². The molecule has 1 aliphatic heterocycles. The van der Waals surface area contributed by atoms with Crippen molar-refractivity contribution < 1.29 is 9.53 Å². The van der Waals surface area contributed by atoms with Gasteiger partial charge in [0.05, 0.1) is 18.2 Å². The number of hydrogen-bond acceptors (Lipinski definition) is 3. The van der Waals surface area contributed by atoms with Crippen molar-refractivity contribution in [2.24, 2.45) is 0 Å². The molecule has 0 bridgehead atoms. The molecule has 1 amide bonds. The van der Waals surface area contributed by atoms with Crippen LogP contribution in [0.1, 0.15) is 41.7 Å². The van der Waals surface area contributed by atoms with Crippen molar-refractivity contribution in [2.75, 3.05) is 13.2 Å². The van der Waals surface area contributed by atoms with Gasteiger partial charge in [0.1, 0.15) is 5.75 Å². The van der Waals surface area contributed by atoms with E-state index in [0.29, 0.717) is 24.2 Å². The summed E-state index contributed by atoms with van der Waals surface area (Å²) in [6.45, 7) is 3.28. The maximum Gasteiger partial charge on any atom is 0.255 e. The Morgan fingerprint density at radius 2 is 1.96 bits per heavy atom. The summed E-state index contributed by atoms with van der Waals surface area (Å²) < 4.78 is 5.51. The highest BCUT2D eigenvalue weighted by molar-refractivity contribution is 6.06. The van der Waals surface area contributed by atoms with Gasteiger partial charge >= 0.3 is 0 Å². The molecule has 27 heavy (non-hydrogen) atoms. The average molecular weight is 362 g/mol. The van der Waals surface area contributed by atoms with Gasteiger partial charge in [0.25, 0.3) is 5.91 Å². The Labute approximate surface area is 157 Å². The van der Waals surface area contributed by atoms with Gasteiger partial charge in [-0.3, -0.25) is 9.59 Å². The molecule has 4 rings (SSSR count). The predicted octanol–water partition coefficient (Wildman–Crippen LogP) is 3.90. The number of likely N-dealkylation sites (tertiary alicyclic amines) is 1. The first kappa shape index (κ1) is 17.3. The van der Waals surface area contributed by atoms with Crippen molar-refractivity contribution in [2.45, 2.75) is 25.8 Å². The van der Waals surface area contributed by atoms with Crippen LogP contribution in [0.3, 0.4) is 0 Å². The number of fused-ring (bicyclic) bond motifs is 1. The normalized spacial score (nSPS) is 16.6. The van der Waals surface area contributed by atoms with Crippen molar-refractivity contribution >= 4 is 16.8 Å². The van der Waals surface area contributed by atoms with Gasteiger partial charge in [0.15, 0.2) is 0 Å². The number of para-hydroxylation sites is 1. The first-order valence-electron chi connectivity index (χ1n) is 9.33. The van der Waals surface area contributed by atoms with Crippen molar-refractivity contribution in [3.8, 4) is 5.75 Å². The second kappa shape index (κ2) is 7.27. The third-order valence-corrected chi connectivity index (χ3v) is 5.07. The molecule has 0 aliphatic carbocycles. The minimum Gasteiger partial charge on any atom is -0.494 e. The minimum atomic E-state index is -0.256. The number of benzene rings is 2. The molecule has 138 valence electrons. The third-order valence-electron chi connectivity index (χ3n) is 5.07. The summed E-state index contributed by atoms with van der Waals surface area (Å²) >= 11 is 0. The standard InChI is InChI=1S/C22H22N2O3/c1-2-27-16-11-9-15(10-12-16)20-8-5-13-24(20)22(26)18-14-21(25)23-19-7-4-3-6-17(18)19/h3-4,6-7,9-12,14,20H,2,5,8,13H2,1H3,(H,23,25). The van der Waals surface area contributed by atoms with E-state index in [0.717, 1.165) is 29.5 Å². The molecule has 0 radical (unpaired) electrons. The van der Waals surface area contributed by atoms with Crippen LogP contribution >= 0.6 is 0 Å². The van der Waals surface area contributed by atoms with Crippen molar-refractivity contribution in [3.63, 3.8) is 0 Å². The second-order valence-electron chi connectivity index (χ2n) is 6.75. The molecule has 1 aliphatic rings.